The Morgan fingerprint density at radius 1 is 1.03 bits per heavy atom. The number of para-hydroxylation sites is 1. The first-order valence-corrected chi connectivity index (χ1v) is 10.9. The molecule has 2 amide bonds. The fourth-order valence-electron chi connectivity index (χ4n) is 4.30. The lowest BCUT2D eigenvalue weighted by Crippen LogP contribution is -2.32. The molecule has 0 saturated heterocycles. The van der Waals surface area contributed by atoms with Gasteiger partial charge < -0.3 is 11.1 Å². The molecule has 0 unspecified atom stereocenters. The zero-order valence-corrected chi connectivity index (χ0v) is 17.1. The number of nitrogens with zero attached hydrogens (tertiary/aromatic N) is 1. The molecule has 0 radical (unpaired) electrons. The Morgan fingerprint density at radius 3 is 2.45 bits per heavy atom. The van der Waals surface area contributed by atoms with Gasteiger partial charge in [0.25, 0.3) is 0 Å². The van der Waals surface area contributed by atoms with Crippen LogP contribution >= 0.6 is 11.3 Å². The minimum absolute atomic E-state index is 0.0137. The van der Waals surface area contributed by atoms with Gasteiger partial charge in [0.2, 0.25) is 11.8 Å². The van der Waals surface area contributed by atoms with Gasteiger partial charge in [-0.25, -0.2) is 4.98 Å². The van der Waals surface area contributed by atoms with Crippen molar-refractivity contribution in [3.8, 4) is 0 Å². The molecule has 29 heavy (non-hydrogen) atoms. The summed E-state index contributed by atoms with van der Waals surface area (Å²) in [5.74, 6) is -0.459. The van der Waals surface area contributed by atoms with Crippen LogP contribution in [0.3, 0.4) is 0 Å². The van der Waals surface area contributed by atoms with Gasteiger partial charge >= 0.3 is 0 Å². The summed E-state index contributed by atoms with van der Waals surface area (Å²) in [6, 6.07) is 14.9. The number of nitrogens with one attached hydrogen (secondary N) is 1. The van der Waals surface area contributed by atoms with E-state index in [4.69, 9.17) is 10.7 Å². The largest absolute Gasteiger partial charge is 0.366 e. The van der Waals surface area contributed by atoms with E-state index < -0.39 is 5.91 Å². The van der Waals surface area contributed by atoms with Crippen molar-refractivity contribution in [2.24, 2.45) is 11.1 Å². The molecular formula is C23H25N3O2S. The highest BCUT2D eigenvalue weighted by atomic mass is 32.1. The second-order valence-electron chi connectivity index (χ2n) is 7.98. The van der Waals surface area contributed by atoms with E-state index in [2.05, 4.69) is 11.4 Å². The van der Waals surface area contributed by atoms with Crippen molar-refractivity contribution in [3.05, 3.63) is 59.1 Å². The normalized spacial score (nSPS) is 15.9. The first-order chi connectivity index (χ1) is 14.0. The molecular weight excluding hydrogens is 382 g/mol. The number of carbonyl (C=O) groups is 2. The second-order valence-corrected chi connectivity index (χ2v) is 9.09. The fraction of sp³-hybridized carbons (Fsp3) is 0.348. The molecule has 0 bridgehead atoms. The van der Waals surface area contributed by atoms with Crippen LogP contribution in [0.2, 0.25) is 0 Å². The summed E-state index contributed by atoms with van der Waals surface area (Å²) in [4.78, 5) is 28.9. The van der Waals surface area contributed by atoms with Crippen molar-refractivity contribution in [1.82, 2.24) is 4.98 Å². The number of hydrogen-bond donors (Lipinski definition) is 2. The molecule has 0 atom stereocenters. The number of thiazole rings is 1. The highest BCUT2D eigenvalue weighted by Gasteiger charge is 2.35. The van der Waals surface area contributed by atoms with Gasteiger partial charge in [0.1, 0.15) is 0 Å². The number of fused-ring (bicyclic) bond motifs is 1. The van der Waals surface area contributed by atoms with Gasteiger partial charge in [-0.1, -0.05) is 31.4 Å². The molecule has 2 aromatic carbocycles. The van der Waals surface area contributed by atoms with Crippen LogP contribution in [-0.2, 0) is 11.2 Å². The van der Waals surface area contributed by atoms with Crippen LogP contribution in [0.4, 0.5) is 5.69 Å². The second kappa shape index (κ2) is 8.33. The van der Waals surface area contributed by atoms with Gasteiger partial charge in [-0.3, -0.25) is 9.59 Å². The van der Waals surface area contributed by atoms with E-state index in [1.165, 1.54) is 11.1 Å². The summed E-state index contributed by atoms with van der Waals surface area (Å²) in [5, 5.41) is 4.10. The van der Waals surface area contributed by atoms with Crippen molar-refractivity contribution in [3.63, 3.8) is 0 Å². The Kier molecular flexibility index (Phi) is 5.62. The zero-order valence-electron chi connectivity index (χ0n) is 16.3. The molecule has 1 aliphatic rings. The van der Waals surface area contributed by atoms with Crippen LogP contribution in [0, 0.1) is 5.41 Å². The summed E-state index contributed by atoms with van der Waals surface area (Å²) >= 11 is 1.74. The van der Waals surface area contributed by atoms with Crippen LogP contribution in [-0.4, -0.2) is 16.8 Å². The number of benzene rings is 2. The van der Waals surface area contributed by atoms with E-state index in [-0.39, 0.29) is 11.3 Å². The van der Waals surface area contributed by atoms with E-state index in [0.717, 1.165) is 42.6 Å². The highest BCUT2D eigenvalue weighted by molar-refractivity contribution is 7.18. The number of amides is 2. The maximum Gasteiger partial charge on any atom is 0.248 e. The standard InChI is InChI=1S/C23H25N3O2S/c24-22(28)16-8-10-17(11-9-16)25-20(27)14-23(12-4-1-5-13-23)15-21-26-18-6-2-3-7-19(18)29-21/h2-3,6-11H,1,4-5,12-15H2,(H2,24,28)(H,25,27). The van der Waals surface area contributed by atoms with Crippen molar-refractivity contribution in [2.75, 3.05) is 5.32 Å². The summed E-state index contributed by atoms with van der Waals surface area (Å²) in [6.07, 6.45) is 6.99. The topological polar surface area (TPSA) is 85.1 Å². The van der Waals surface area contributed by atoms with Gasteiger partial charge in [-0.2, -0.15) is 0 Å². The lowest BCUT2D eigenvalue weighted by atomic mass is 9.69. The Balaban J connectivity index is 1.48. The van der Waals surface area contributed by atoms with Gasteiger partial charge in [0.05, 0.1) is 15.2 Å². The quantitative estimate of drug-likeness (QED) is 0.608. The molecule has 1 aromatic heterocycles. The summed E-state index contributed by atoms with van der Waals surface area (Å²) in [7, 11) is 0. The van der Waals surface area contributed by atoms with Crippen LogP contribution in [0.15, 0.2) is 48.5 Å². The maximum atomic E-state index is 12.8. The van der Waals surface area contributed by atoms with Crippen LogP contribution in [0.5, 0.6) is 0 Å². The van der Waals surface area contributed by atoms with E-state index in [1.807, 2.05) is 18.2 Å². The molecule has 1 aliphatic carbocycles. The predicted octanol–water partition coefficient (Wildman–Crippen LogP) is 4.92. The van der Waals surface area contributed by atoms with E-state index in [0.29, 0.717) is 17.7 Å². The molecule has 6 heteroatoms. The van der Waals surface area contributed by atoms with Crippen molar-refractivity contribution in [1.29, 1.82) is 0 Å². The first-order valence-electron chi connectivity index (χ1n) is 10.1. The number of anilines is 1. The van der Waals surface area contributed by atoms with Crippen molar-refractivity contribution >= 4 is 39.1 Å². The predicted molar refractivity (Wildman–Crippen MR) is 117 cm³/mol. The first kappa shape index (κ1) is 19.6. The maximum absolute atomic E-state index is 12.8. The van der Waals surface area contributed by atoms with Crippen LogP contribution in [0.1, 0.15) is 53.9 Å². The molecule has 150 valence electrons. The van der Waals surface area contributed by atoms with Crippen molar-refractivity contribution in [2.45, 2.75) is 44.9 Å². The minimum Gasteiger partial charge on any atom is -0.366 e. The van der Waals surface area contributed by atoms with Crippen LogP contribution < -0.4 is 11.1 Å². The number of carbonyl (C=O) groups excluding carboxylic acids is 2. The number of rotatable bonds is 6. The minimum atomic E-state index is -0.472. The number of hydrogen-bond acceptors (Lipinski definition) is 4. The Hall–Kier alpha value is -2.73. The van der Waals surface area contributed by atoms with Gasteiger partial charge in [-0.05, 0) is 54.7 Å². The average Bonchev–Trinajstić information content (AvgIpc) is 3.10. The smallest absolute Gasteiger partial charge is 0.248 e. The van der Waals surface area contributed by atoms with Gasteiger partial charge in [0.15, 0.2) is 0 Å². The summed E-state index contributed by atoms with van der Waals surface area (Å²) in [6.45, 7) is 0. The Labute approximate surface area is 174 Å². The number of primary amides is 1. The summed E-state index contributed by atoms with van der Waals surface area (Å²) < 4.78 is 1.20. The molecule has 0 aliphatic heterocycles. The molecule has 3 aromatic rings. The SMILES string of the molecule is NC(=O)c1ccc(NC(=O)CC2(Cc3nc4ccccc4s3)CCCCC2)cc1. The van der Waals surface area contributed by atoms with Crippen LogP contribution in [0.25, 0.3) is 10.2 Å². The molecule has 1 saturated carbocycles. The molecule has 4 rings (SSSR count). The molecule has 5 nitrogen and oxygen atoms in total. The number of nitrogens with two attached hydrogens (primary N) is 1. The monoisotopic (exact) mass is 407 g/mol. The lowest BCUT2D eigenvalue weighted by Gasteiger charge is -2.36. The third-order valence-electron chi connectivity index (χ3n) is 5.77. The molecule has 0 spiro atoms. The van der Waals surface area contributed by atoms with E-state index in [1.54, 1.807) is 35.6 Å². The Bertz CT molecular complexity index is 987. The molecule has 3 N–H and O–H groups in total. The molecule has 1 heterocycles. The highest BCUT2D eigenvalue weighted by Crippen LogP contribution is 2.43. The van der Waals surface area contributed by atoms with Gasteiger partial charge in [-0.15, -0.1) is 11.3 Å². The molecule has 1 fully saturated rings. The lowest BCUT2D eigenvalue weighted by molar-refractivity contribution is -0.119. The third kappa shape index (κ3) is 4.65. The number of aromatic nitrogens is 1. The van der Waals surface area contributed by atoms with E-state index >= 15 is 0 Å². The third-order valence-corrected chi connectivity index (χ3v) is 6.80. The van der Waals surface area contributed by atoms with Gasteiger partial charge in [0, 0.05) is 24.1 Å². The fourth-order valence-corrected chi connectivity index (χ4v) is 5.44. The Morgan fingerprint density at radius 2 is 1.76 bits per heavy atom. The zero-order chi connectivity index (χ0) is 20.3. The van der Waals surface area contributed by atoms with E-state index in [9.17, 15) is 9.59 Å². The van der Waals surface area contributed by atoms with Crippen molar-refractivity contribution < 1.29 is 9.59 Å². The average molecular weight is 408 g/mol. The summed E-state index contributed by atoms with van der Waals surface area (Å²) in [5.41, 5.74) is 7.40.